The average molecular weight is 353 g/mol. The molecule has 26 heavy (non-hydrogen) atoms. The zero-order valence-electron chi connectivity index (χ0n) is 14.4. The molecule has 2 fully saturated rings. The minimum atomic E-state index is -0.302. The number of oxazole rings is 1. The largest absolute Gasteiger partial charge is 0.423 e. The molecule has 0 amide bonds. The predicted molar refractivity (Wildman–Crippen MR) is 96.7 cm³/mol. The lowest BCUT2D eigenvalue weighted by molar-refractivity contribution is 0.437. The quantitative estimate of drug-likeness (QED) is 0.717. The van der Waals surface area contributed by atoms with Gasteiger partial charge in [-0.3, -0.25) is 0 Å². The van der Waals surface area contributed by atoms with E-state index < -0.39 is 0 Å². The van der Waals surface area contributed by atoms with Crippen LogP contribution in [0.2, 0.25) is 0 Å². The van der Waals surface area contributed by atoms with E-state index in [0.29, 0.717) is 29.2 Å². The molecular weight excluding hydrogens is 333 g/mol. The summed E-state index contributed by atoms with van der Waals surface area (Å²) in [6.45, 7) is 1.74. The molecule has 6 nitrogen and oxygen atoms in total. The van der Waals surface area contributed by atoms with Crippen LogP contribution in [0.3, 0.4) is 0 Å². The normalized spacial score (nSPS) is 18.4. The molecule has 2 aromatic heterocycles. The van der Waals surface area contributed by atoms with Crippen molar-refractivity contribution in [1.29, 1.82) is 0 Å². The molecule has 1 saturated heterocycles. The van der Waals surface area contributed by atoms with Crippen molar-refractivity contribution >= 4 is 22.9 Å². The first-order valence-corrected chi connectivity index (χ1v) is 9.13. The smallest absolute Gasteiger partial charge is 0.298 e. The fourth-order valence-corrected chi connectivity index (χ4v) is 3.82. The van der Waals surface area contributed by atoms with Crippen LogP contribution in [-0.4, -0.2) is 40.1 Å². The third kappa shape index (κ3) is 2.87. The highest BCUT2D eigenvalue weighted by atomic mass is 19.1. The van der Waals surface area contributed by atoms with Crippen LogP contribution in [0.25, 0.3) is 11.1 Å². The van der Waals surface area contributed by atoms with E-state index >= 15 is 0 Å². The van der Waals surface area contributed by atoms with Gasteiger partial charge in [0.25, 0.3) is 6.01 Å². The molecule has 2 aliphatic rings. The summed E-state index contributed by atoms with van der Waals surface area (Å²) in [6, 6.07) is 8.13. The number of piperidine rings is 1. The van der Waals surface area contributed by atoms with Crippen LogP contribution in [0.5, 0.6) is 0 Å². The van der Waals surface area contributed by atoms with Crippen LogP contribution in [0, 0.1) is 5.82 Å². The maximum absolute atomic E-state index is 13.4. The van der Waals surface area contributed by atoms with Crippen molar-refractivity contribution in [2.24, 2.45) is 0 Å². The van der Waals surface area contributed by atoms with Gasteiger partial charge in [0.05, 0.1) is 0 Å². The van der Waals surface area contributed by atoms with Gasteiger partial charge in [-0.1, -0.05) is 0 Å². The molecule has 0 unspecified atom stereocenters. The zero-order valence-corrected chi connectivity index (χ0v) is 14.4. The second-order valence-corrected chi connectivity index (χ2v) is 7.03. The van der Waals surface area contributed by atoms with E-state index in [9.17, 15) is 4.39 Å². The van der Waals surface area contributed by atoms with Crippen molar-refractivity contribution in [3.63, 3.8) is 0 Å². The van der Waals surface area contributed by atoms with Crippen molar-refractivity contribution in [1.82, 2.24) is 15.0 Å². The van der Waals surface area contributed by atoms with Gasteiger partial charge < -0.3 is 14.2 Å². The number of nitrogens with zero attached hydrogens (tertiary/aromatic N) is 5. The number of hydrogen-bond acceptors (Lipinski definition) is 6. The fraction of sp³-hybridized carbons (Fsp3) is 0.421. The third-order valence-corrected chi connectivity index (χ3v) is 5.24. The van der Waals surface area contributed by atoms with Gasteiger partial charge in [0.2, 0.25) is 0 Å². The summed E-state index contributed by atoms with van der Waals surface area (Å²) in [7, 11) is 0. The standard InChI is InChI=1S/C19H20FN5O/c20-13-1-4-16-17(11-13)26-19(23-16)24-9-6-15(7-10-24)25(14-2-3-14)18-5-8-21-12-22-18/h1,4-5,8,11-12,14-15H,2-3,6-7,9-10H2. The molecule has 1 aromatic carbocycles. The van der Waals surface area contributed by atoms with E-state index in [1.807, 2.05) is 12.3 Å². The first-order chi connectivity index (χ1) is 12.8. The molecule has 1 aliphatic heterocycles. The van der Waals surface area contributed by atoms with Crippen LogP contribution < -0.4 is 9.80 Å². The summed E-state index contributed by atoms with van der Waals surface area (Å²) in [6.07, 6.45) is 7.95. The highest BCUT2D eigenvalue weighted by molar-refractivity contribution is 5.74. The minimum Gasteiger partial charge on any atom is -0.423 e. The lowest BCUT2D eigenvalue weighted by Crippen LogP contribution is -2.46. The predicted octanol–water partition coefficient (Wildman–Crippen LogP) is 3.39. The van der Waals surface area contributed by atoms with Crippen molar-refractivity contribution in [3.05, 3.63) is 42.6 Å². The summed E-state index contributed by atoms with van der Waals surface area (Å²) in [5, 5.41) is 0. The number of rotatable bonds is 4. The zero-order chi connectivity index (χ0) is 17.5. The Hall–Kier alpha value is -2.70. The number of hydrogen-bond donors (Lipinski definition) is 0. The molecule has 3 aromatic rings. The van der Waals surface area contributed by atoms with E-state index in [1.165, 1.54) is 25.0 Å². The topological polar surface area (TPSA) is 58.3 Å². The third-order valence-electron chi connectivity index (χ3n) is 5.24. The highest BCUT2D eigenvalue weighted by Crippen LogP contribution is 2.35. The molecule has 7 heteroatoms. The number of anilines is 2. The van der Waals surface area contributed by atoms with E-state index in [2.05, 4.69) is 24.8 Å². The van der Waals surface area contributed by atoms with Gasteiger partial charge in [-0.25, -0.2) is 14.4 Å². The summed E-state index contributed by atoms with van der Waals surface area (Å²) in [5.74, 6) is 0.724. The molecule has 0 radical (unpaired) electrons. The molecule has 0 bridgehead atoms. The average Bonchev–Trinajstić information content (AvgIpc) is 3.41. The van der Waals surface area contributed by atoms with Crippen LogP contribution in [0.1, 0.15) is 25.7 Å². The van der Waals surface area contributed by atoms with Crippen LogP contribution in [-0.2, 0) is 0 Å². The first-order valence-electron chi connectivity index (χ1n) is 9.13. The molecular formula is C19H20FN5O. The maximum atomic E-state index is 13.4. The molecule has 5 rings (SSSR count). The Morgan fingerprint density at radius 3 is 2.62 bits per heavy atom. The monoisotopic (exact) mass is 353 g/mol. The Labute approximate surface area is 150 Å². The molecule has 1 saturated carbocycles. The second-order valence-electron chi connectivity index (χ2n) is 7.03. The van der Waals surface area contributed by atoms with Gasteiger partial charge in [-0.15, -0.1) is 0 Å². The summed E-state index contributed by atoms with van der Waals surface area (Å²) >= 11 is 0. The Morgan fingerprint density at radius 2 is 1.88 bits per heavy atom. The molecule has 134 valence electrons. The van der Waals surface area contributed by atoms with Gasteiger partial charge in [0.15, 0.2) is 5.58 Å². The SMILES string of the molecule is Fc1ccc2nc(N3CCC(N(c4ccncn4)C4CC4)CC3)oc2c1. The van der Waals surface area contributed by atoms with Crippen molar-refractivity contribution in [2.75, 3.05) is 22.9 Å². The molecule has 3 heterocycles. The number of benzene rings is 1. The number of aromatic nitrogens is 3. The van der Waals surface area contributed by atoms with Gasteiger partial charge in [0.1, 0.15) is 23.5 Å². The van der Waals surface area contributed by atoms with Crippen molar-refractivity contribution in [2.45, 2.75) is 37.8 Å². The minimum absolute atomic E-state index is 0.302. The van der Waals surface area contributed by atoms with E-state index in [1.54, 1.807) is 12.4 Å². The Kier molecular flexibility index (Phi) is 3.72. The molecule has 1 aliphatic carbocycles. The van der Waals surface area contributed by atoms with E-state index in [4.69, 9.17) is 4.42 Å². The maximum Gasteiger partial charge on any atom is 0.298 e. The molecule has 0 N–H and O–H groups in total. The number of halogens is 1. The summed E-state index contributed by atoms with van der Waals surface area (Å²) in [5.41, 5.74) is 1.20. The number of fused-ring (bicyclic) bond motifs is 1. The Bertz CT molecular complexity index is 903. The van der Waals surface area contributed by atoms with Gasteiger partial charge in [0, 0.05) is 37.4 Å². The van der Waals surface area contributed by atoms with Crippen LogP contribution in [0.15, 0.2) is 41.2 Å². The Morgan fingerprint density at radius 1 is 1.08 bits per heavy atom. The highest BCUT2D eigenvalue weighted by Gasteiger charge is 2.36. The van der Waals surface area contributed by atoms with E-state index in [-0.39, 0.29) is 5.82 Å². The van der Waals surface area contributed by atoms with Gasteiger partial charge >= 0.3 is 0 Å². The van der Waals surface area contributed by atoms with Crippen molar-refractivity contribution < 1.29 is 8.81 Å². The summed E-state index contributed by atoms with van der Waals surface area (Å²) < 4.78 is 19.1. The molecule has 0 spiro atoms. The van der Waals surface area contributed by atoms with Gasteiger partial charge in [-0.2, -0.15) is 4.98 Å². The Balaban J connectivity index is 1.32. The van der Waals surface area contributed by atoms with E-state index in [0.717, 1.165) is 31.7 Å². The van der Waals surface area contributed by atoms with Gasteiger partial charge in [-0.05, 0) is 43.9 Å². The summed E-state index contributed by atoms with van der Waals surface area (Å²) in [4.78, 5) is 17.6. The lowest BCUT2D eigenvalue weighted by Gasteiger charge is -2.38. The van der Waals surface area contributed by atoms with Crippen molar-refractivity contribution in [3.8, 4) is 0 Å². The molecule has 0 atom stereocenters. The second kappa shape index (κ2) is 6.23. The van der Waals surface area contributed by atoms with Crippen LogP contribution >= 0.6 is 0 Å². The van der Waals surface area contributed by atoms with Crippen LogP contribution in [0.4, 0.5) is 16.2 Å². The fourth-order valence-electron chi connectivity index (χ4n) is 3.82. The lowest BCUT2D eigenvalue weighted by atomic mass is 10.0. The first kappa shape index (κ1) is 15.5.